The molecule has 3 nitrogen and oxygen atoms in total. The number of carbonyl (C=O) groups is 2. The molecule has 0 aliphatic carbocycles. The Morgan fingerprint density at radius 2 is 1.71 bits per heavy atom. The van der Waals surface area contributed by atoms with Crippen molar-refractivity contribution < 1.29 is 18.4 Å². The minimum absolute atomic E-state index is 0.0244. The van der Waals surface area contributed by atoms with Crippen molar-refractivity contribution in [1.29, 1.82) is 0 Å². The fraction of sp³-hybridized carbons (Fsp3) is 0.158. The lowest BCUT2D eigenvalue weighted by Gasteiger charge is -2.11. The second kappa shape index (κ2) is 7.64. The zero-order valence-electron chi connectivity index (χ0n) is 13.3. The van der Waals surface area contributed by atoms with E-state index in [0.29, 0.717) is 11.8 Å². The van der Waals surface area contributed by atoms with Crippen LogP contribution in [0.4, 0.5) is 14.5 Å². The maximum Gasteiger partial charge on any atom is 0.259 e. The number of anilines is 1. The molecule has 2 aromatic rings. The zero-order valence-corrected chi connectivity index (χ0v) is 13.3. The summed E-state index contributed by atoms with van der Waals surface area (Å²) in [6, 6.07) is 11.6. The summed E-state index contributed by atoms with van der Waals surface area (Å²) < 4.78 is 26.8. The van der Waals surface area contributed by atoms with E-state index in [0.717, 1.165) is 12.1 Å². The van der Waals surface area contributed by atoms with E-state index < -0.39 is 29.2 Å². The fourth-order valence-corrected chi connectivity index (χ4v) is 2.05. The summed E-state index contributed by atoms with van der Waals surface area (Å²) in [4.78, 5) is 24.8. The molecule has 24 heavy (non-hydrogen) atoms. The summed E-state index contributed by atoms with van der Waals surface area (Å²) in [7, 11) is 0. The lowest BCUT2D eigenvalue weighted by Crippen LogP contribution is -2.23. The topological polar surface area (TPSA) is 46.2 Å². The van der Waals surface area contributed by atoms with E-state index in [4.69, 9.17) is 0 Å². The molecule has 0 spiro atoms. The van der Waals surface area contributed by atoms with Crippen LogP contribution >= 0.6 is 0 Å². The van der Waals surface area contributed by atoms with Gasteiger partial charge in [-0.15, -0.1) is 0 Å². The Morgan fingerprint density at radius 1 is 1.04 bits per heavy atom. The fourth-order valence-electron chi connectivity index (χ4n) is 2.05. The third-order valence-electron chi connectivity index (χ3n) is 3.33. The molecule has 1 amide bonds. The molecule has 0 aliphatic rings. The number of nitrogens with one attached hydrogen (secondary N) is 1. The number of carbonyl (C=O) groups excluding carboxylic acids is 2. The van der Waals surface area contributed by atoms with Crippen LogP contribution < -0.4 is 5.32 Å². The third kappa shape index (κ3) is 4.35. The maximum atomic E-state index is 13.8. The van der Waals surface area contributed by atoms with Crippen LogP contribution in [0.2, 0.25) is 0 Å². The zero-order chi connectivity index (χ0) is 17.7. The summed E-state index contributed by atoms with van der Waals surface area (Å²) in [6.45, 7) is 3.29. The Morgan fingerprint density at radius 3 is 2.29 bits per heavy atom. The van der Waals surface area contributed by atoms with Gasteiger partial charge in [0.1, 0.15) is 11.6 Å². The van der Waals surface area contributed by atoms with Crippen LogP contribution in [0.3, 0.4) is 0 Å². The summed E-state index contributed by atoms with van der Waals surface area (Å²) in [5, 5.41) is 2.60. The number of amides is 1. The van der Waals surface area contributed by atoms with Crippen LogP contribution in [0.5, 0.6) is 0 Å². The first-order chi connectivity index (χ1) is 11.4. The third-order valence-corrected chi connectivity index (χ3v) is 3.33. The van der Waals surface area contributed by atoms with Gasteiger partial charge in [0.25, 0.3) is 5.91 Å². The Labute approximate surface area is 139 Å². The molecule has 2 aromatic carbocycles. The number of hydrogen-bond acceptors (Lipinski definition) is 2. The molecular weight excluding hydrogens is 312 g/mol. The van der Waals surface area contributed by atoms with Gasteiger partial charge in [-0.1, -0.05) is 32.0 Å². The average molecular weight is 329 g/mol. The monoisotopic (exact) mass is 329 g/mol. The predicted octanol–water partition coefficient (Wildman–Crippen LogP) is 4.21. The van der Waals surface area contributed by atoms with Crippen molar-refractivity contribution in [3.63, 3.8) is 0 Å². The normalized spacial score (nSPS) is 11.5. The van der Waals surface area contributed by atoms with Crippen LogP contribution in [0.1, 0.15) is 19.4 Å². The number of para-hydroxylation sites is 1. The van der Waals surface area contributed by atoms with E-state index in [1.807, 2.05) is 0 Å². The van der Waals surface area contributed by atoms with Gasteiger partial charge in [-0.05, 0) is 30.3 Å². The van der Waals surface area contributed by atoms with Gasteiger partial charge in [0.2, 0.25) is 0 Å². The van der Waals surface area contributed by atoms with Crippen LogP contribution in [0.25, 0.3) is 6.08 Å². The molecule has 0 aromatic heterocycles. The molecule has 124 valence electrons. The maximum absolute atomic E-state index is 13.8. The Bertz CT molecular complexity index is 783. The lowest BCUT2D eigenvalue weighted by molar-refractivity contribution is -0.121. The second-order valence-corrected chi connectivity index (χ2v) is 5.56. The molecule has 0 saturated carbocycles. The number of halogens is 2. The van der Waals surface area contributed by atoms with Gasteiger partial charge in [-0.3, -0.25) is 9.59 Å². The second-order valence-electron chi connectivity index (χ2n) is 5.56. The number of rotatable bonds is 5. The van der Waals surface area contributed by atoms with Crippen molar-refractivity contribution in [2.45, 2.75) is 13.8 Å². The van der Waals surface area contributed by atoms with Crippen LogP contribution in [0, 0.1) is 17.6 Å². The molecule has 0 aliphatic heterocycles. The molecule has 1 N–H and O–H groups in total. The first-order valence-corrected chi connectivity index (χ1v) is 7.46. The molecule has 0 fully saturated rings. The van der Waals surface area contributed by atoms with Gasteiger partial charge < -0.3 is 5.32 Å². The van der Waals surface area contributed by atoms with Crippen molar-refractivity contribution >= 4 is 23.5 Å². The highest BCUT2D eigenvalue weighted by Gasteiger charge is 2.21. The van der Waals surface area contributed by atoms with Crippen molar-refractivity contribution in [2.75, 3.05) is 5.32 Å². The first kappa shape index (κ1) is 17.5. The highest BCUT2D eigenvalue weighted by molar-refractivity contribution is 6.26. The van der Waals surface area contributed by atoms with E-state index in [2.05, 4.69) is 5.32 Å². The Kier molecular flexibility index (Phi) is 5.58. The van der Waals surface area contributed by atoms with E-state index >= 15 is 0 Å². The Balaban J connectivity index is 2.39. The summed E-state index contributed by atoms with van der Waals surface area (Å²) in [5.74, 6) is -3.07. The van der Waals surface area contributed by atoms with Crippen molar-refractivity contribution in [3.05, 3.63) is 71.3 Å². The van der Waals surface area contributed by atoms with E-state index in [1.165, 1.54) is 6.07 Å². The van der Waals surface area contributed by atoms with E-state index in [-0.39, 0.29) is 11.1 Å². The van der Waals surface area contributed by atoms with Gasteiger partial charge in [0, 0.05) is 23.2 Å². The molecule has 0 radical (unpaired) electrons. The predicted molar refractivity (Wildman–Crippen MR) is 89.3 cm³/mol. The highest BCUT2D eigenvalue weighted by Crippen LogP contribution is 2.18. The minimum atomic E-state index is -0.837. The molecule has 0 bridgehead atoms. The standard InChI is InChI=1S/C19H17F2NO2/c1-12(2)18(23)16(10-13-8-9-14(20)11-17(13)21)19(24)22-15-6-4-3-5-7-15/h3-12H,1-2H3,(H,22,24). The molecule has 0 heterocycles. The van der Waals surface area contributed by atoms with Gasteiger partial charge in [-0.25, -0.2) is 8.78 Å². The molecule has 5 heteroatoms. The van der Waals surface area contributed by atoms with Gasteiger partial charge >= 0.3 is 0 Å². The highest BCUT2D eigenvalue weighted by atomic mass is 19.1. The van der Waals surface area contributed by atoms with Gasteiger partial charge in [0.05, 0.1) is 5.57 Å². The molecule has 0 unspecified atom stereocenters. The van der Waals surface area contributed by atoms with E-state index in [9.17, 15) is 18.4 Å². The molecule has 0 saturated heterocycles. The molecule has 2 rings (SSSR count). The Hall–Kier alpha value is -2.82. The van der Waals surface area contributed by atoms with Crippen LogP contribution in [-0.2, 0) is 9.59 Å². The van der Waals surface area contributed by atoms with E-state index in [1.54, 1.807) is 44.2 Å². The smallest absolute Gasteiger partial charge is 0.259 e. The molecule has 0 atom stereocenters. The average Bonchev–Trinajstić information content (AvgIpc) is 2.54. The van der Waals surface area contributed by atoms with Crippen LogP contribution in [0.15, 0.2) is 54.1 Å². The van der Waals surface area contributed by atoms with Gasteiger partial charge in [0.15, 0.2) is 5.78 Å². The van der Waals surface area contributed by atoms with Crippen molar-refractivity contribution in [3.8, 4) is 0 Å². The van der Waals surface area contributed by atoms with Crippen molar-refractivity contribution in [2.24, 2.45) is 5.92 Å². The number of hydrogen-bond donors (Lipinski definition) is 1. The number of ketones is 1. The lowest BCUT2D eigenvalue weighted by atomic mass is 9.98. The van der Waals surface area contributed by atoms with Crippen LogP contribution in [-0.4, -0.2) is 11.7 Å². The number of benzene rings is 2. The van der Waals surface area contributed by atoms with Crippen molar-refractivity contribution in [1.82, 2.24) is 0 Å². The summed E-state index contributed by atoms with van der Waals surface area (Å²) >= 11 is 0. The summed E-state index contributed by atoms with van der Waals surface area (Å²) in [6.07, 6.45) is 1.15. The minimum Gasteiger partial charge on any atom is -0.322 e. The summed E-state index contributed by atoms with van der Waals surface area (Å²) in [5.41, 5.74) is 0.313. The van der Waals surface area contributed by atoms with Gasteiger partial charge in [-0.2, -0.15) is 0 Å². The molecular formula is C19H17F2NO2. The first-order valence-electron chi connectivity index (χ1n) is 7.46. The quantitative estimate of drug-likeness (QED) is 0.507. The largest absolute Gasteiger partial charge is 0.322 e. The number of Topliss-reactive ketones (excluding diaryl/α,β-unsaturated/α-hetero) is 1. The SMILES string of the molecule is CC(C)C(=O)C(=Cc1ccc(F)cc1F)C(=O)Nc1ccccc1.